The van der Waals surface area contributed by atoms with E-state index >= 15 is 0 Å². The van der Waals surface area contributed by atoms with Crippen molar-refractivity contribution in [1.29, 1.82) is 0 Å². The third kappa shape index (κ3) is 2.96. The average Bonchev–Trinajstić information content (AvgIpc) is 2.93. The highest BCUT2D eigenvalue weighted by Crippen LogP contribution is 2.22. The first kappa shape index (κ1) is 15.2. The number of hydrogen-bond acceptors (Lipinski definition) is 2. The fourth-order valence-electron chi connectivity index (χ4n) is 2.26. The molecule has 1 aromatic heterocycles. The fourth-order valence-corrected chi connectivity index (χ4v) is 2.44. The van der Waals surface area contributed by atoms with Gasteiger partial charge in [0.15, 0.2) is 0 Å². The summed E-state index contributed by atoms with van der Waals surface area (Å²) in [5, 5.41) is 3.35. The lowest BCUT2D eigenvalue weighted by Gasteiger charge is -2.06. The summed E-state index contributed by atoms with van der Waals surface area (Å²) in [6.45, 7) is 1.83. The van der Waals surface area contributed by atoms with E-state index in [2.05, 4.69) is 10.3 Å². The van der Waals surface area contributed by atoms with Crippen LogP contribution in [0.2, 0.25) is 5.02 Å². The Bertz CT molecular complexity index is 933. The van der Waals surface area contributed by atoms with E-state index in [0.29, 0.717) is 21.6 Å². The number of fused-ring (bicyclic) bond motifs is 1. The Kier molecular flexibility index (Phi) is 3.88. The molecule has 116 valence electrons. The Morgan fingerprint density at radius 3 is 2.70 bits per heavy atom. The number of amides is 1. The third-order valence-electron chi connectivity index (χ3n) is 3.52. The van der Waals surface area contributed by atoms with Crippen LogP contribution in [0.25, 0.3) is 10.9 Å². The van der Waals surface area contributed by atoms with Crippen molar-refractivity contribution < 1.29 is 14.0 Å². The Labute approximate surface area is 136 Å². The first-order valence-electron chi connectivity index (χ1n) is 6.84. The Morgan fingerprint density at radius 1 is 1.17 bits per heavy atom. The Balaban J connectivity index is 1.87. The SMILES string of the molecule is Cc1ccc(NC(=O)C(=O)c2c[nH]c3ccc(F)cc23)cc1Cl. The number of nitrogens with one attached hydrogen (secondary N) is 2. The summed E-state index contributed by atoms with van der Waals surface area (Å²) in [4.78, 5) is 27.3. The average molecular weight is 331 g/mol. The van der Waals surface area contributed by atoms with Gasteiger partial charge in [0.25, 0.3) is 11.7 Å². The van der Waals surface area contributed by atoms with E-state index in [0.717, 1.165) is 5.56 Å². The fraction of sp³-hybridized carbons (Fsp3) is 0.0588. The minimum absolute atomic E-state index is 0.121. The summed E-state index contributed by atoms with van der Waals surface area (Å²) >= 11 is 5.99. The van der Waals surface area contributed by atoms with Crippen molar-refractivity contribution in [3.63, 3.8) is 0 Å². The quantitative estimate of drug-likeness (QED) is 0.561. The summed E-state index contributed by atoms with van der Waals surface area (Å²) in [7, 11) is 0. The van der Waals surface area contributed by atoms with Gasteiger partial charge in [0.2, 0.25) is 0 Å². The number of hydrogen-bond donors (Lipinski definition) is 2. The van der Waals surface area contributed by atoms with Crippen molar-refractivity contribution in [2.75, 3.05) is 5.32 Å². The number of aryl methyl sites for hydroxylation is 1. The monoisotopic (exact) mass is 330 g/mol. The van der Waals surface area contributed by atoms with E-state index in [-0.39, 0.29) is 5.56 Å². The van der Waals surface area contributed by atoms with Crippen molar-refractivity contribution in [3.05, 3.63) is 64.6 Å². The van der Waals surface area contributed by atoms with E-state index in [4.69, 9.17) is 11.6 Å². The molecule has 4 nitrogen and oxygen atoms in total. The molecule has 0 bridgehead atoms. The molecule has 0 radical (unpaired) electrons. The van der Waals surface area contributed by atoms with Gasteiger partial charge in [0.1, 0.15) is 5.82 Å². The highest BCUT2D eigenvalue weighted by molar-refractivity contribution is 6.48. The summed E-state index contributed by atoms with van der Waals surface area (Å²) in [6, 6.07) is 8.97. The molecule has 1 heterocycles. The molecular weight excluding hydrogens is 319 g/mol. The van der Waals surface area contributed by atoms with Gasteiger partial charge in [-0.15, -0.1) is 0 Å². The minimum Gasteiger partial charge on any atom is -0.360 e. The van der Waals surface area contributed by atoms with Gasteiger partial charge in [0, 0.05) is 27.8 Å². The van der Waals surface area contributed by atoms with Crippen LogP contribution >= 0.6 is 11.6 Å². The number of aromatic nitrogens is 1. The lowest BCUT2D eigenvalue weighted by molar-refractivity contribution is -0.112. The minimum atomic E-state index is -0.810. The van der Waals surface area contributed by atoms with Crippen molar-refractivity contribution in [2.24, 2.45) is 0 Å². The zero-order valence-corrected chi connectivity index (χ0v) is 12.9. The maximum Gasteiger partial charge on any atom is 0.296 e. The summed E-state index contributed by atoms with van der Waals surface area (Å²) in [5.41, 5.74) is 1.99. The van der Waals surface area contributed by atoms with Crippen LogP contribution in [-0.4, -0.2) is 16.7 Å². The van der Waals surface area contributed by atoms with Crippen LogP contribution in [0.1, 0.15) is 15.9 Å². The third-order valence-corrected chi connectivity index (χ3v) is 3.93. The van der Waals surface area contributed by atoms with Gasteiger partial charge in [-0.25, -0.2) is 4.39 Å². The molecule has 6 heteroatoms. The predicted molar refractivity (Wildman–Crippen MR) is 87.4 cm³/mol. The number of carbonyl (C=O) groups is 2. The standard InChI is InChI=1S/C17H12ClFN2O2/c1-9-2-4-11(7-14(9)18)21-17(23)16(22)13-8-20-15-5-3-10(19)6-12(13)15/h2-8,20H,1H3,(H,21,23). The van der Waals surface area contributed by atoms with Crippen molar-refractivity contribution in [3.8, 4) is 0 Å². The first-order chi connectivity index (χ1) is 11.0. The van der Waals surface area contributed by atoms with E-state index in [1.165, 1.54) is 24.4 Å². The highest BCUT2D eigenvalue weighted by Gasteiger charge is 2.20. The number of carbonyl (C=O) groups excluding carboxylic acids is 2. The highest BCUT2D eigenvalue weighted by atomic mass is 35.5. The number of anilines is 1. The van der Waals surface area contributed by atoms with E-state index in [1.807, 2.05) is 6.92 Å². The second kappa shape index (κ2) is 5.85. The lowest BCUT2D eigenvalue weighted by Crippen LogP contribution is -2.22. The molecule has 3 aromatic rings. The number of ketones is 1. The van der Waals surface area contributed by atoms with E-state index in [9.17, 15) is 14.0 Å². The van der Waals surface area contributed by atoms with Crippen LogP contribution in [0, 0.1) is 12.7 Å². The van der Waals surface area contributed by atoms with E-state index in [1.54, 1.807) is 18.2 Å². The molecule has 0 saturated carbocycles. The first-order valence-corrected chi connectivity index (χ1v) is 7.22. The normalized spacial score (nSPS) is 10.7. The maximum atomic E-state index is 13.3. The zero-order valence-electron chi connectivity index (χ0n) is 12.1. The number of H-pyrrole nitrogens is 1. The Hall–Kier alpha value is -2.66. The predicted octanol–water partition coefficient (Wildman–Crippen LogP) is 4.09. The van der Waals surface area contributed by atoms with Gasteiger partial charge in [-0.1, -0.05) is 17.7 Å². The molecule has 0 atom stereocenters. The second-order valence-corrected chi connectivity index (χ2v) is 5.55. The molecule has 2 aromatic carbocycles. The van der Waals surface area contributed by atoms with Gasteiger partial charge < -0.3 is 10.3 Å². The molecule has 0 unspecified atom stereocenters. The molecule has 0 spiro atoms. The molecule has 23 heavy (non-hydrogen) atoms. The van der Waals surface area contributed by atoms with Crippen LogP contribution in [0.15, 0.2) is 42.6 Å². The van der Waals surface area contributed by atoms with Crippen LogP contribution in [0.3, 0.4) is 0 Å². The molecule has 2 N–H and O–H groups in total. The molecule has 0 aliphatic carbocycles. The van der Waals surface area contributed by atoms with Gasteiger partial charge in [-0.2, -0.15) is 0 Å². The van der Waals surface area contributed by atoms with Crippen molar-refractivity contribution in [2.45, 2.75) is 6.92 Å². The molecule has 0 aliphatic rings. The van der Waals surface area contributed by atoms with Crippen molar-refractivity contribution in [1.82, 2.24) is 4.98 Å². The van der Waals surface area contributed by atoms with Gasteiger partial charge in [-0.05, 0) is 42.8 Å². The van der Waals surface area contributed by atoms with E-state index < -0.39 is 17.5 Å². The largest absolute Gasteiger partial charge is 0.360 e. The van der Waals surface area contributed by atoms with Crippen molar-refractivity contribution >= 4 is 39.9 Å². The van der Waals surface area contributed by atoms with Gasteiger partial charge in [0.05, 0.1) is 5.56 Å². The molecular formula is C17H12ClFN2O2. The number of benzene rings is 2. The van der Waals surface area contributed by atoms with Crippen LogP contribution in [0.5, 0.6) is 0 Å². The number of aromatic amines is 1. The molecule has 0 aliphatic heterocycles. The molecule has 3 rings (SSSR count). The second-order valence-electron chi connectivity index (χ2n) is 5.14. The van der Waals surface area contributed by atoms with Crippen LogP contribution < -0.4 is 5.32 Å². The smallest absolute Gasteiger partial charge is 0.296 e. The molecule has 0 saturated heterocycles. The zero-order chi connectivity index (χ0) is 16.6. The number of Topliss-reactive ketones (excluding diaryl/α,β-unsaturated/α-hetero) is 1. The molecule has 1 amide bonds. The summed E-state index contributed by atoms with van der Waals surface area (Å²) in [5.74, 6) is -2.04. The Morgan fingerprint density at radius 2 is 1.96 bits per heavy atom. The van der Waals surface area contributed by atoms with Gasteiger partial charge in [-0.3, -0.25) is 9.59 Å². The molecule has 0 fully saturated rings. The number of halogens is 2. The summed E-state index contributed by atoms with van der Waals surface area (Å²) in [6.07, 6.45) is 1.40. The van der Waals surface area contributed by atoms with Crippen LogP contribution in [0.4, 0.5) is 10.1 Å². The summed E-state index contributed by atoms with van der Waals surface area (Å²) < 4.78 is 13.3. The van der Waals surface area contributed by atoms with Gasteiger partial charge >= 0.3 is 0 Å². The lowest BCUT2D eigenvalue weighted by atomic mass is 10.1. The number of rotatable bonds is 3. The maximum absolute atomic E-state index is 13.3. The topological polar surface area (TPSA) is 62.0 Å². The van der Waals surface area contributed by atoms with Crippen LogP contribution in [-0.2, 0) is 4.79 Å².